The lowest BCUT2D eigenvalue weighted by atomic mass is 9.99. The van der Waals surface area contributed by atoms with E-state index in [-0.39, 0.29) is 25.7 Å². The summed E-state index contributed by atoms with van der Waals surface area (Å²) in [5.41, 5.74) is 0. The average Bonchev–Trinajstić information content (AvgIpc) is 0.961. The maximum Gasteiger partial charge on any atom is 0.472 e. The van der Waals surface area contributed by atoms with Crippen LogP contribution in [0.25, 0.3) is 0 Å². The molecule has 0 aromatic heterocycles. The number of aliphatic hydroxyl groups excluding tert-OH is 1. The minimum Gasteiger partial charge on any atom is -0.462 e. The first-order chi connectivity index (χ1) is 48.1. The second-order valence-electron chi connectivity index (χ2n) is 29.1. The van der Waals surface area contributed by atoms with Crippen LogP contribution in [0.1, 0.15) is 426 Å². The molecule has 0 aromatic carbocycles. The molecule has 0 aliphatic heterocycles. The predicted octanol–water partition coefficient (Wildman–Crippen LogP) is 24.0. The number of ether oxygens (including phenoxy) is 4. The van der Waals surface area contributed by atoms with Gasteiger partial charge < -0.3 is 33.8 Å². The number of unbranched alkanes of at least 4 members (excludes halogenated alkanes) is 51. The molecule has 17 nitrogen and oxygen atoms in total. The molecule has 0 spiro atoms. The summed E-state index contributed by atoms with van der Waals surface area (Å²) in [6.45, 7) is 7.29. The van der Waals surface area contributed by atoms with Gasteiger partial charge in [0, 0.05) is 25.7 Å². The molecule has 0 amide bonds. The van der Waals surface area contributed by atoms with Crippen LogP contribution in [0.3, 0.4) is 0 Å². The number of carbonyl (C=O) groups is 4. The van der Waals surface area contributed by atoms with E-state index in [0.29, 0.717) is 25.7 Å². The molecule has 99 heavy (non-hydrogen) atoms. The first kappa shape index (κ1) is 97.1. The monoisotopic (exact) mass is 1450 g/mol. The van der Waals surface area contributed by atoms with Crippen LogP contribution in [0, 0.1) is 5.92 Å². The van der Waals surface area contributed by atoms with Crippen molar-refractivity contribution in [2.75, 3.05) is 39.6 Å². The summed E-state index contributed by atoms with van der Waals surface area (Å²) < 4.78 is 68.5. The number of rotatable bonds is 80. The van der Waals surface area contributed by atoms with Crippen molar-refractivity contribution < 1.29 is 80.2 Å². The third-order valence-electron chi connectivity index (χ3n) is 19.1. The molecule has 0 aliphatic rings. The van der Waals surface area contributed by atoms with Crippen molar-refractivity contribution in [2.45, 2.75) is 445 Å². The van der Waals surface area contributed by atoms with Gasteiger partial charge in [-0.1, -0.05) is 375 Å². The molecule has 3 unspecified atom stereocenters. The van der Waals surface area contributed by atoms with E-state index in [4.69, 9.17) is 37.0 Å². The molecule has 0 bridgehead atoms. The summed E-state index contributed by atoms with van der Waals surface area (Å²) in [6, 6.07) is 0. The second kappa shape index (κ2) is 73.0. The van der Waals surface area contributed by atoms with Gasteiger partial charge in [0.2, 0.25) is 0 Å². The van der Waals surface area contributed by atoms with Gasteiger partial charge in [-0.05, 0) is 31.6 Å². The first-order valence-electron chi connectivity index (χ1n) is 41.7. The van der Waals surface area contributed by atoms with Crippen molar-refractivity contribution in [2.24, 2.45) is 5.92 Å². The number of phosphoric acid groups is 2. The highest BCUT2D eigenvalue weighted by molar-refractivity contribution is 7.47. The van der Waals surface area contributed by atoms with Crippen molar-refractivity contribution in [3.05, 3.63) is 0 Å². The van der Waals surface area contributed by atoms with E-state index in [9.17, 15) is 43.2 Å². The number of phosphoric ester groups is 2. The lowest BCUT2D eigenvalue weighted by molar-refractivity contribution is -0.161. The number of hydrogen-bond acceptors (Lipinski definition) is 15. The van der Waals surface area contributed by atoms with E-state index in [1.165, 1.54) is 244 Å². The van der Waals surface area contributed by atoms with Crippen LogP contribution in [0.2, 0.25) is 0 Å². The van der Waals surface area contributed by atoms with Gasteiger partial charge in [-0.3, -0.25) is 37.3 Å². The minimum atomic E-state index is -4.96. The zero-order chi connectivity index (χ0) is 72.7. The van der Waals surface area contributed by atoms with Crippen LogP contribution < -0.4 is 0 Å². The van der Waals surface area contributed by atoms with Gasteiger partial charge in [-0.25, -0.2) is 9.13 Å². The predicted molar refractivity (Wildman–Crippen MR) is 405 cm³/mol. The van der Waals surface area contributed by atoms with Crippen molar-refractivity contribution >= 4 is 39.5 Å². The molecular formula is C80H156O17P2. The Hall–Kier alpha value is -1.94. The van der Waals surface area contributed by atoms with Crippen LogP contribution in [0.15, 0.2) is 0 Å². The van der Waals surface area contributed by atoms with E-state index >= 15 is 0 Å². The molecular weight excluding hydrogens is 1290 g/mol. The van der Waals surface area contributed by atoms with Gasteiger partial charge in [-0.15, -0.1) is 0 Å². The Balaban J connectivity index is 5.12. The van der Waals surface area contributed by atoms with Gasteiger partial charge in [0.15, 0.2) is 12.2 Å². The van der Waals surface area contributed by atoms with E-state index in [2.05, 4.69) is 34.6 Å². The molecule has 0 saturated heterocycles. The molecule has 0 aromatic rings. The highest BCUT2D eigenvalue weighted by Crippen LogP contribution is 2.45. The fraction of sp³-hybridized carbons (Fsp3) is 0.950. The van der Waals surface area contributed by atoms with E-state index in [1.54, 1.807) is 0 Å². The Kier molecular flexibility index (Phi) is 71.6. The van der Waals surface area contributed by atoms with Crippen molar-refractivity contribution in [3.8, 4) is 0 Å². The van der Waals surface area contributed by atoms with Crippen LogP contribution in [-0.2, 0) is 65.4 Å². The molecule has 588 valence electrons. The van der Waals surface area contributed by atoms with E-state index in [0.717, 1.165) is 102 Å². The molecule has 0 aliphatic carbocycles. The van der Waals surface area contributed by atoms with Gasteiger partial charge in [0.05, 0.1) is 26.4 Å². The van der Waals surface area contributed by atoms with Gasteiger partial charge in [-0.2, -0.15) is 0 Å². The standard InChI is InChI=1S/C80H156O17P2/c1-6-10-13-16-18-20-22-24-26-28-29-30-31-33-39-43-47-51-56-61-66-80(85)97-76(70-91-78(83)64-59-54-49-45-41-37-35-34-36-40-44-48-53-57-62-73(5)9-4)72-95-99(88,89)93-68-74(81)67-92-98(86,87)94-71-75(69-90-77(82)63-58-52-15-12-8-3)96-79(84)65-60-55-50-46-42-38-32-27-25-23-21-19-17-14-11-7-2/h73-76,81H,6-72H2,1-5H3,(H,86,87)(H,88,89)/t73?,74-,75+,76+/m0/s1. The highest BCUT2D eigenvalue weighted by Gasteiger charge is 2.30. The summed E-state index contributed by atoms with van der Waals surface area (Å²) in [4.78, 5) is 72.7. The maximum atomic E-state index is 13.1. The van der Waals surface area contributed by atoms with Crippen LogP contribution in [-0.4, -0.2) is 96.7 Å². The highest BCUT2D eigenvalue weighted by atomic mass is 31.2. The Labute approximate surface area is 607 Å². The molecule has 0 rings (SSSR count). The Morgan fingerprint density at radius 3 is 0.717 bits per heavy atom. The lowest BCUT2D eigenvalue weighted by Crippen LogP contribution is -2.30. The normalized spacial score (nSPS) is 14.1. The topological polar surface area (TPSA) is 237 Å². The van der Waals surface area contributed by atoms with Crippen LogP contribution in [0.5, 0.6) is 0 Å². The quantitative estimate of drug-likeness (QED) is 0.0222. The van der Waals surface area contributed by atoms with Crippen molar-refractivity contribution in [1.82, 2.24) is 0 Å². The minimum absolute atomic E-state index is 0.108. The number of aliphatic hydroxyl groups is 1. The van der Waals surface area contributed by atoms with Crippen molar-refractivity contribution in [3.63, 3.8) is 0 Å². The molecule has 0 fully saturated rings. The third kappa shape index (κ3) is 72.8. The fourth-order valence-electron chi connectivity index (χ4n) is 12.4. The Morgan fingerprint density at radius 1 is 0.283 bits per heavy atom. The summed E-state index contributed by atoms with van der Waals surface area (Å²) in [5, 5.41) is 10.6. The number of esters is 4. The summed E-state index contributed by atoms with van der Waals surface area (Å²) in [6.07, 6.45) is 64.2. The first-order valence-corrected chi connectivity index (χ1v) is 44.7. The van der Waals surface area contributed by atoms with E-state index in [1.807, 2.05) is 0 Å². The Bertz CT molecular complexity index is 1890. The zero-order valence-electron chi connectivity index (χ0n) is 64.6. The molecule has 0 saturated carbocycles. The SMILES string of the molecule is CCCCCCCCCCCCCCCCCCCCCCC(=O)O[C@H](COC(=O)CCCCCCCCCCCCCCCCC(C)CC)COP(=O)(O)OC[C@@H](O)COP(=O)(O)OC[C@@H](COC(=O)CCCCCCC)OC(=O)CCCCCCCCCCCCCCCCCC. The van der Waals surface area contributed by atoms with Crippen LogP contribution >= 0.6 is 15.6 Å². The summed E-state index contributed by atoms with van der Waals surface area (Å²) >= 11 is 0. The Morgan fingerprint density at radius 2 is 0.485 bits per heavy atom. The molecule has 6 atom stereocenters. The average molecular weight is 1450 g/mol. The number of carbonyl (C=O) groups excluding carboxylic acids is 4. The van der Waals surface area contributed by atoms with Gasteiger partial charge >= 0.3 is 39.5 Å². The van der Waals surface area contributed by atoms with Crippen LogP contribution in [0.4, 0.5) is 0 Å². The second-order valence-corrected chi connectivity index (χ2v) is 32.0. The summed E-state index contributed by atoms with van der Waals surface area (Å²) in [7, 11) is -9.91. The van der Waals surface area contributed by atoms with Gasteiger partial charge in [0.25, 0.3) is 0 Å². The molecule has 0 heterocycles. The van der Waals surface area contributed by atoms with Gasteiger partial charge in [0.1, 0.15) is 19.3 Å². The smallest absolute Gasteiger partial charge is 0.462 e. The molecule has 3 N–H and O–H groups in total. The fourth-order valence-corrected chi connectivity index (χ4v) is 14.0. The van der Waals surface area contributed by atoms with E-state index < -0.39 is 97.5 Å². The lowest BCUT2D eigenvalue weighted by Gasteiger charge is -2.21. The zero-order valence-corrected chi connectivity index (χ0v) is 66.4. The van der Waals surface area contributed by atoms with Crippen molar-refractivity contribution in [1.29, 1.82) is 0 Å². The number of hydrogen-bond donors (Lipinski definition) is 3. The maximum absolute atomic E-state index is 13.1. The summed E-state index contributed by atoms with van der Waals surface area (Å²) in [5.74, 6) is -1.27. The largest absolute Gasteiger partial charge is 0.472 e. The molecule has 19 heteroatoms. The third-order valence-corrected chi connectivity index (χ3v) is 21.0. The molecule has 0 radical (unpaired) electrons.